The first-order valence-corrected chi connectivity index (χ1v) is 7.91. The first kappa shape index (κ1) is 16.0. The maximum Gasteiger partial charge on any atom is 0.231 e. The number of nitrogens with two attached hydrogens (primary N) is 1. The molecular formula is C18H21N3O3. The number of guanidine groups is 1. The van der Waals surface area contributed by atoms with Gasteiger partial charge in [-0.15, -0.1) is 0 Å². The fourth-order valence-electron chi connectivity index (χ4n) is 2.32. The number of fused-ring (bicyclic) bond motifs is 1. The van der Waals surface area contributed by atoms with Crippen LogP contribution >= 0.6 is 0 Å². The molecule has 3 rings (SSSR count). The van der Waals surface area contributed by atoms with Gasteiger partial charge in [0.1, 0.15) is 12.4 Å². The van der Waals surface area contributed by atoms with Gasteiger partial charge in [0.2, 0.25) is 6.79 Å². The van der Waals surface area contributed by atoms with Crippen LogP contribution in [0.4, 0.5) is 0 Å². The summed E-state index contributed by atoms with van der Waals surface area (Å²) in [6, 6.07) is 15.7. The molecule has 1 heterocycles. The maximum atomic E-state index is 5.84. The van der Waals surface area contributed by atoms with Crippen LogP contribution in [-0.2, 0) is 6.42 Å². The first-order valence-electron chi connectivity index (χ1n) is 7.91. The van der Waals surface area contributed by atoms with E-state index < -0.39 is 0 Å². The van der Waals surface area contributed by atoms with E-state index in [4.69, 9.17) is 19.9 Å². The molecule has 0 radical (unpaired) electrons. The van der Waals surface area contributed by atoms with Gasteiger partial charge in [0.05, 0.1) is 6.54 Å². The van der Waals surface area contributed by atoms with Gasteiger partial charge in [-0.25, -0.2) is 0 Å². The Labute approximate surface area is 141 Å². The molecule has 0 atom stereocenters. The van der Waals surface area contributed by atoms with Crippen LogP contribution in [0.5, 0.6) is 17.2 Å². The highest BCUT2D eigenvalue weighted by atomic mass is 16.7. The lowest BCUT2D eigenvalue weighted by Gasteiger charge is -2.08. The smallest absolute Gasteiger partial charge is 0.231 e. The van der Waals surface area contributed by atoms with E-state index >= 15 is 0 Å². The predicted molar refractivity (Wildman–Crippen MR) is 92.7 cm³/mol. The molecule has 0 spiro atoms. The van der Waals surface area contributed by atoms with Crippen LogP contribution in [-0.4, -0.2) is 32.4 Å². The number of nitrogens with zero attached hydrogens (tertiary/aromatic N) is 1. The second kappa shape index (κ2) is 8.10. The second-order valence-corrected chi connectivity index (χ2v) is 5.29. The van der Waals surface area contributed by atoms with Crippen molar-refractivity contribution in [2.24, 2.45) is 10.7 Å². The van der Waals surface area contributed by atoms with Crippen molar-refractivity contribution < 1.29 is 14.2 Å². The van der Waals surface area contributed by atoms with Crippen LogP contribution in [0.25, 0.3) is 0 Å². The van der Waals surface area contributed by atoms with Gasteiger partial charge in [-0.3, -0.25) is 4.99 Å². The summed E-state index contributed by atoms with van der Waals surface area (Å²) in [6.45, 7) is 1.98. The highest BCUT2D eigenvalue weighted by molar-refractivity contribution is 5.77. The molecule has 0 saturated carbocycles. The van der Waals surface area contributed by atoms with Gasteiger partial charge in [0.25, 0.3) is 0 Å². The summed E-state index contributed by atoms with van der Waals surface area (Å²) < 4.78 is 16.2. The van der Waals surface area contributed by atoms with E-state index in [1.54, 1.807) is 0 Å². The highest BCUT2D eigenvalue weighted by Gasteiger charge is 2.13. The summed E-state index contributed by atoms with van der Waals surface area (Å²) in [5.74, 6) is 2.62. The lowest BCUT2D eigenvalue weighted by Crippen LogP contribution is -2.34. The van der Waals surface area contributed by atoms with Gasteiger partial charge >= 0.3 is 0 Å². The zero-order chi connectivity index (χ0) is 16.6. The van der Waals surface area contributed by atoms with Crippen LogP contribution in [0.3, 0.4) is 0 Å². The van der Waals surface area contributed by atoms with E-state index in [0.717, 1.165) is 17.9 Å². The largest absolute Gasteiger partial charge is 0.492 e. The quantitative estimate of drug-likeness (QED) is 0.462. The highest BCUT2D eigenvalue weighted by Crippen LogP contribution is 2.34. The molecule has 0 aliphatic carbocycles. The first-order chi connectivity index (χ1) is 11.8. The molecule has 1 aliphatic heterocycles. The summed E-state index contributed by atoms with van der Waals surface area (Å²) in [6.07, 6.45) is 0.872. The standard InChI is InChI=1S/C18H21N3O3/c19-18(20-9-8-14-4-2-1-3-5-14)21-10-11-22-15-6-7-16-17(12-15)24-13-23-16/h1-7,12H,8-11,13H2,(H3,19,20,21). The van der Waals surface area contributed by atoms with Gasteiger partial charge in [-0.05, 0) is 24.1 Å². The summed E-state index contributed by atoms with van der Waals surface area (Å²) in [7, 11) is 0. The van der Waals surface area contributed by atoms with E-state index in [-0.39, 0.29) is 6.79 Å². The molecule has 0 amide bonds. The predicted octanol–water partition coefficient (Wildman–Crippen LogP) is 1.94. The van der Waals surface area contributed by atoms with Crippen molar-refractivity contribution in [1.29, 1.82) is 0 Å². The Bertz CT molecular complexity index is 689. The van der Waals surface area contributed by atoms with E-state index in [1.807, 2.05) is 36.4 Å². The monoisotopic (exact) mass is 327 g/mol. The molecule has 0 unspecified atom stereocenters. The van der Waals surface area contributed by atoms with Gasteiger partial charge < -0.3 is 25.3 Å². The zero-order valence-corrected chi connectivity index (χ0v) is 13.4. The Hall–Kier alpha value is -2.89. The van der Waals surface area contributed by atoms with E-state index in [9.17, 15) is 0 Å². The minimum atomic E-state index is 0.260. The fourth-order valence-corrected chi connectivity index (χ4v) is 2.32. The SMILES string of the molecule is NC(=NCCc1ccccc1)NCCOc1ccc2c(c1)OCO2. The van der Waals surface area contributed by atoms with Crippen molar-refractivity contribution in [3.63, 3.8) is 0 Å². The fraction of sp³-hybridized carbons (Fsp3) is 0.278. The van der Waals surface area contributed by atoms with Crippen molar-refractivity contribution in [2.45, 2.75) is 6.42 Å². The van der Waals surface area contributed by atoms with E-state index in [1.165, 1.54) is 5.56 Å². The van der Waals surface area contributed by atoms with Gasteiger partial charge in [-0.1, -0.05) is 30.3 Å². The molecule has 6 heteroatoms. The molecule has 2 aromatic carbocycles. The number of hydrogen-bond donors (Lipinski definition) is 2. The number of nitrogens with one attached hydrogen (secondary N) is 1. The van der Waals surface area contributed by atoms with Crippen molar-refractivity contribution in [2.75, 3.05) is 26.5 Å². The third-order valence-corrected chi connectivity index (χ3v) is 3.55. The molecule has 1 aliphatic rings. The van der Waals surface area contributed by atoms with Crippen molar-refractivity contribution >= 4 is 5.96 Å². The van der Waals surface area contributed by atoms with Crippen molar-refractivity contribution in [3.05, 3.63) is 54.1 Å². The van der Waals surface area contributed by atoms with Gasteiger partial charge in [0.15, 0.2) is 17.5 Å². The lowest BCUT2D eigenvalue weighted by atomic mass is 10.2. The van der Waals surface area contributed by atoms with E-state index in [0.29, 0.717) is 31.4 Å². The van der Waals surface area contributed by atoms with Crippen molar-refractivity contribution in [3.8, 4) is 17.2 Å². The van der Waals surface area contributed by atoms with Crippen LogP contribution in [0.15, 0.2) is 53.5 Å². The van der Waals surface area contributed by atoms with Crippen LogP contribution in [0.2, 0.25) is 0 Å². The summed E-state index contributed by atoms with van der Waals surface area (Å²) >= 11 is 0. The maximum absolute atomic E-state index is 5.84. The third-order valence-electron chi connectivity index (χ3n) is 3.55. The number of ether oxygens (including phenoxy) is 3. The van der Waals surface area contributed by atoms with Crippen molar-refractivity contribution in [1.82, 2.24) is 5.32 Å². The summed E-state index contributed by atoms with van der Waals surface area (Å²) in [4.78, 5) is 4.30. The van der Waals surface area contributed by atoms with Crippen LogP contribution in [0, 0.1) is 0 Å². The van der Waals surface area contributed by atoms with Crippen LogP contribution < -0.4 is 25.3 Å². The topological polar surface area (TPSA) is 78.1 Å². The summed E-state index contributed by atoms with van der Waals surface area (Å²) in [5.41, 5.74) is 7.09. The normalized spacial score (nSPS) is 12.9. The molecule has 0 saturated heterocycles. The average Bonchev–Trinajstić information content (AvgIpc) is 3.07. The molecule has 0 aromatic heterocycles. The molecule has 0 bridgehead atoms. The molecule has 3 N–H and O–H groups in total. The van der Waals surface area contributed by atoms with Gasteiger partial charge in [-0.2, -0.15) is 0 Å². The third kappa shape index (κ3) is 4.55. The van der Waals surface area contributed by atoms with Crippen LogP contribution in [0.1, 0.15) is 5.56 Å². The number of hydrogen-bond acceptors (Lipinski definition) is 4. The Balaban J connectivity index is 1.34. The minimum Gasteiger partial charge on any atom is -0.492 e. The Kier molecular flexibility index (Phi) is 5.40. The summed E-state index contributed by atoms with van der Waals surface area (Å²) in [5, 5.41) is 3.04. The Morgan fingerprint density at radius 1 is 1.12 bits per heavy atom. The average molecular weight is 327 g/mol. The minimum absolute atomic E-state index is 0.260. The zero-order valence-electron chi connectivity index (χ0n) is 13.4. The molecule has 24 heavy (non-hydrogen) atoms. The number of benzene rings is 2. The number of aliphatic imine (C=N–C) groups is 1. The van der Waals surface area contributed by atoms with E-state index in [2.05, 4.69) is 22.4 Å². The molecule has 6 nitrogen and oxygen atoms in total. The Morgan fingerprint density at radius 2 is 1.96 bits per heavy atom. The molecular weight excluding hydrogens is 306 g/mol. The lowest BCUT2D eigenvalue weighted by molar-refractivity contribution is 0.173. The second-order valence-electron chi connectivity index (χ2n) is 5.29. The number of rotatable bonds is 7. The molecule has 2 aromatic rings. The molecule has 0 fully saturated rings. The molecule has 126 valence electrons. The van der Waals surface area contributed by atoms with Gasteiger partial charge in [0, 0.05) is 12.6 Å². The Morgan fingerprint density at radius 3 is 2.83 bits per heavy atom.